The lowest BCUT2D eigenvalue weighted by Gasteiger charge is -2.25. The molecule has 6 nitrogen and oxygen atoms in total. The van der Waals surface area contributed by atoms with Crippen molar-refractivity contribution in [1.29, 1.82) is 0 Å². The third kappa shape index (κ3) is 4.32. The number of halogens is 1. The fourth-order valence-electron chi connectivity index (χ4n) is 2.12. The number of carbonyl (C=O) groups is 1. The first-order valence-electron chi connectivity index (χ1n) is 6.28. The highest BCUT2D eigenvalue weighted by Crippen LogP contribution is 2.16. The molecule has 1 amide bonds. The molecular formula is C12H17BrN2O4S. The molecule has 2 rings (SSSR count). The van der Waals surface area contributed by atoms with Crippen molar-refractivity contribution in [2.75, 3.05) is 25.1 Å². The molecule has 0 aliphatic carbocycles. The number of hydrogen-bond donors (Lipinski definition) is 1. The largest absolute Gasteiger partial charge is 0.452 e. The van der Waals surface area contributed by atoms with Crippen molar-refractivity contribution in [3.8, 4) is 0 Å². The van der Waals surface area contributed by atoms with Gasteiger partial charge in [-0.15, -0.1) is 0 Å². The van der Waals surface area contributed by atoms with Crippen molar-refractivity contribution in [3.05, 3.63) is 22.6 Å². The molecular weight excluding hydrogens is 348 g/mol. The SMILES string of the molecule is CN(Cc1ccc(Br)o1)C(=O)CC1CS(=O)(=O)CCN1. The van der Waals surface area contributed by atoms with E-state index < -0.39 is 9.84 Å². The monoisotopic (exact) mass is 364 g/mol. The Kier molecular flexibility index (Phi) is 4.87. The van der Waals surface area contributed by atoms with Crippen LogP contribution in [0.1, 0.15) is 12.2 Å². The molecule has 1 fully saturated rings. The maximum atomic E-state index is 12.1. The van der Waals surface area contributed by atoms with Gasteiger partial charge in [-0.1, -0.05) is 0 Å². The number of hydrogen-bond acceptors (Lipinski definition) is 5. The summed E-state index contributed by atoms with van der Waals surface area (Å²) in [5.41, 5.74) is 0. The molecule has 0 spiro atoms. The lowest BCUT2D eigenvalue weighted by molar-refractivity contribution is -0.131. The summed E-state index contributed by atoms with van der Waals surface area (Å²) in [5, 5.41) is 3.07. The second kappa shape index (κ2) is 6.28. The zero-order valence-electron chi connectivity index (χ0n) is 11.1. The number of carbonyl (C=O) groups excluding carboxylic acids is 1. The normalized spacial score (nSPS) is 21.6. The number of furan rings is 1. The maximum absolute atomic E-state index is 12.1. The number of amides is 1. The second-order valence-corrected chi connectivity index (χ2v) is 7.94. The molecule has 1 aromatic heterocycles. The van der Waals surface area contributed by atoms with E-state index in [0.717, 1.165) is 0 Å². The predicted molar refractivity (Wildman–Crippen MR) is 77.9 cm³/mol. The third-order valence-corrected chi connectivity index (χ3v) is 5.33. The Morgan fingerprint density at radius 2 is 2.30 bits per heavy atom. The van der Waals surface area contributed by atoms with Crippen molar-refractivity contribution < 1.29 is 17.6 Å². The minimum atomic E-state index is -3.02. The maximum Gasteiger partial charge on any atom is 0.224 e. The second-order valence-electron chi connectivity index (χ2n) is 4.93. The molecule has 8 heteroatoms. The van der Waals surface area contributed by atoms with Crippen molar-refractivity contribution in [1.82, 2.24) is 10.2 Å². The molecule has 2 heterocycles. The Hall–Kier alpha value is -0.860. The van der Waals surface area contributed by atoms with Gasteiger partial charge in [0.15, 0.2) is 14.5 Å². The number of nitrogens with one attached hydrogen (secondary N) is 1. The summed E-state index contributed by atoms with van der Waals surface area (Å²) in [5.74, 6) is 0.747. The summed E-state index contributed by atoms with van der Waals surface area (Å²) in [7, 11) is -1.34. The molecule has 1 aromatic rings. The van der Waals surface area contributed by atoms with E-state index in [1.165, 1.54) is 4.90 Å². The highest BCUT2D eigenvalue weighted by atomic mass is 79.9. The highest BCUT2D eigenvalue weighted by molar-refractivity contribution is 9.10. The molecule has 0 aromatic carbocycles. The summed E-state index contributed by atoms with van der Waals surface area (Å²) >= 11 is 3.20. The van der Waals surface area contributed by atoms with Gasteiger partial charge < -0.3 is 14.6 Å². The van der Waals surface area contributed by atoms with E-state index in [9.17, 15) is 13.2 Å². The average Bonchev–Trinajstić information content (AvgIpc) is 2.73. The van der Waals surface area contributed by atoms with Crippen LogP contribution in [0.4, 0.5) is 0 Å². The van der Waals surface area contributed by atoms with E-state index in [-0.39, 0.29) is 29.9 Å². The summed E-state index contributed by atoms with van der Waals surface area (Å²) in [4.78, 5) is 13.6. The van der Waals surface area contributed by atoms with Crippen LogP contribution in [0.5, 0.6) is 0 Å². The molecule has 1 atom stereocenters. The Morgan fingerprint density at radius 3 is 2.90 bits per heavy atom. The van der Waals surface area contributed by atoms with E-state index in [2.05, 4.69) is 21.2 Å². The Morgan fingerprint density at radius 1 is 1.55 bits per heavy atom. The first kappa shape index (κ1) is 15.5. The third-order valence-electron chi connectivity index (χ3n) is 3.17. The van der Waals surface area contributed by atoms with E-state index >= 15 is 0 Å². The van der Waals surface area contributed by atoms with Gasteiger partial charge in [0.25, 0.3) is 0 Å². The minimum absolute atomic E-state index is 0.0267. The summed E-state index contributed by atoms with van der Waals surface area (Å²) < 4.78 is 29.0. The van der Waals surface area contributed by atoms with Gasteiger partial charge in [0.1, 0.15) is 5.76 Å². The highest BCUT2D eigenvalue weighted by Gasteiger charge is 2.27. The van der Waals surface area contributed by atoms with Crippen LogP contribution in [0.3, 0.4) is 0 Å². The fourth-order valence-corrected chi connectivity index (χ4v) is 3.91. The van der Waals surface area contributed by atoms with Crippen molar-refractivity contribution in [3.63, 3.8) is 0 Å². The molecule has 1 aliphatic heterocycles. The minimum Gasteiger partial charge on any atom is -0.452 e. The quantitative estimate of drug-likeness (QED) is 0.853. The Bertz CT molecular complexity index is 584. The lowest BCUT2D eigenvalue weighted by atomic mass is 10.2. The lowest BCUT2D eigenvalue weighted by Crippen LogP contribution is -2.47. The van der Waals surface area contributed by atoms with Gasteiger partial charge >= 0.3 is 0 Å². The van der Waals surface area contributed by atoms with Crippen LogP contribution in [0.2, 0.25) is 0 Å². The molecule has 1 N–H and O–H groups in total. The van der Waals surface area contributed by atoms with Gasteiger partial charge in [0.05, 0.1) is 18.1 Å². The summed E-state index contributed by atoms with van der Waals surface area (Å²) in [6.45, 7) is 0.777. The molecule has 0 radical (unpaired) electrons. The van der Waals surface area contributed by atoms with Crippen LogP contribution < -0.4 is 5.32 Å². The first-order valence-corrected chi connectivity index (χ1v) is 8.89. The van der Waals surface area contributed by atoms with E-state index in [1.54, 1.807) is 19.2 Å². The standard InChI is InChI=1S/C12H17BrN2O4S/c1-15(7-10-2-3-11(13)19-10)12(16)6-9-8-20(17,18)5-4-14-9/h2-3,9,14H,4-8H2,1H3. The first-order chi connectivity index (χ1) is 9.35. The topological polar surface area (TPSA) is 79.6 Å². The van der Waals surface area contributed by atoms with E-state index in [1.807, 2.05) is 0 Å². The van der Waals surface area contributed by atoms with Crippen LogP contribution in [-0.2, 0) is 21.2 Å². The van der Waals surface area contributed by atoms with E-state index in [4.69, 9.17) is 4.42 Å². The molecule has 1 aliphatic rings. The van der Waals surface area contributed by atoms with Crippen LogP contribution in [0.25, 0.3) is 0 Å². The van der Waals surface area contributed by atoms with Gasteiger partial charge in [-0.25, -0.2) is 8.42 Å². The Balaban J connectivity index is 1.87. The number of rotatable bonds is 4. The van der Waals surface area contributed by atoms with Gasteiger partial charge in [0, 0.05) is 26.1 Å². The molecule has 1 unspecified atom stereocenters. The summed E-state index contributed by atoms with van der Waals surface area (Å²) in [6.07, 6.45) is 0.178. The van der Waals surface area contributed by atoms with Crippen LogP contribution in [-0.4, -0.2) is 50.4 Å². The zero-order valence-corrected chi connectivity index (χ0v) is 13.5. The molecule has 1 saturated heterocycles. The Labute approximate surface area is 126 Å². The predicted octanol–water partition coefficient (Wildman–Crippen LogP) is 0.777. The van der Waals surface area contributed by atoms with Gasteiger partial charge in [-0.2, -0.15) is 0 Å². The molecule has 112 valence electrons. The van der Waals surface area contributed by atoms with Crippen LogP contribution in [0, 0.1) is 0 Å². The van der Waals surface area contributed by atoms with Crippen molar-refractivity contribution in [2.24, 2.45) is 0 Å². The zero-order chi connectivity index (χ0) is 14.8. The van der Waals surface area contributed by atoms with E-state index in [0.29, 0.717) is 23.5 Å². The van der Waals surface area contributed by atoms with Gasteiger partial charge in [-0.05, 0) is 28.1 Å². The molecule has 0 bridgehead atoms. The van der Waals surface area contributed by atoms with Crippen LogP contribution in [0.15, 0.2) is 21.2 Å². The van der Waals surface area contributed by atoms with Gasteiger partial charge in [-0.3, -0.25) is 4.79 Å². The fraction of sp³-hybridized carbons (Fsp3) is 0.583. The number of sulfone groups is 1. The molecule has 0 saturated carbocycles. The van der Waals surface area contributed by atoms with Gasteiger partial charge in [0.2, 0.25) is 5.91 Å². The number of nitrogens with zero attached hydrogens (tertiary/aromatic N) is 1. The smallest absolute Gasteiger partial charge is 0.224 e. The van der Waals surface area contributed by atoms with Crippen molar-refractivity contribution >= 4 is 31.7 Å². The average molecular weight is 365 g/mol. The van der Waals surface area contributed by atoms with Crippen molar-refractivity contribution in [2.45, 2.75) is 19.0 Å². The molecule has 20 heavy (non-hydrogen) atoms. The van der Waals surface area contributed by atoms with Crippen LogP contribution >= 0.6 is 15.9 Å². The summed E-state index contributed by atoms with van der Waals surface area (Å²) in [6, 6.07) is 3.26.